The van der Waals surface area contributed by atoms with Gasteiger partial charge in [0.1, 0.15) is 16.8 Å². The lowest BCUT2D eigenvalue weighted by molar-refractivity contribution is 0.278. The average Bonchev–Trinajstić information content (AvgIpc) is 3.34. The van der Waals surface area contributed by atoms with Gasteiger partial charge in [0.2, 0.25) is 0 Å². The van der Waals surface area contributed by atoms with Crippen LogP contribution in [0.4, 0.5) is 5.82 Å². The fraction of sp³-hybridized carbons (Fsp3) is 0.765. The minimum Gasteiger partial charge on any atom is -0.369 e. The standard InChI is InChI=1S/C17H26ClN3/c1-3-12-4-6-13(7-5-12)10-19-16-11(2)15(18)20-17(21-16)14-8-9-14/h12-14H,3-10H2,1-2H3,(H,19,20,21). The van der Waals surface area contributed by atoms with Crippen molar-refractivity contribution >= 4 is 17.4 Å². The van der Waals surface area contributed by atoms with Gasteiger partial charge in [-0.25, -0.2) is 9.97 Å². The van der Waals surface area contributed by atoms with Crippen molar-refractivity contribution in [1.29, 1.82) is 0 Å². The first-order chi connectivity index (χ1) is 10.2. The summed E-state index contributed by atoms with van der Waals surface area (Å²) in [6.45, 7) is 5.35. The van der Waals surface area contributed by atoms with E-state index in [0.717, 1.165) is 35.6 Å². The van der Waals surface area contributed by atoms with Crippen LogP contribution < -0.4 is 5.32 Å². The maximum absolute atomic E-state index is 6.26. The number of nitrogens with zero attached hydrogens (tertiary/aromatic N) is 2. The molecule has 1 aromatic rings. The highest BCUT2D eigenvalue weighted by atomic mass is 35.5. The van der Waals surface area contributed by atoms with Crippen LogP contribution in [0.1, 0.15) is 69.2 Å². The van der Waals surface area contributed by atoms with Gasteiger partial charge in [-0.3, -0.25) is 0 Å². The second-order valence-corrected chi connectivity index (χ2v) is 7.15. The molecule has 1 heterocycles. The molecule has 4 heteroatoms. The van der Waals surface area contributed by atoms with Gasteiger partial charge < -0.3 is 5.32 Å². The minimum absolute atomic E-state index is 0.545. The number of nitrogens with one attached hydrogen (secondary N) is 1. The number of rotatable bonds is 5. The zero-order chi connectivity index (χ0) is 14.8. The fourth-order valence-corrected chi connectivity index (χ4v) is 3.46. The van der Waals surface area contributed by atoms with Crippen molar-refractivity contribution in [2.45, 2.75) is 64.7 Å². The molecule has 0 unspecified atom stereocenters. The molecule has 116 valence electrons. The SMILES string of the molecule is CCC1CCC(CNc2nc(C3CC3)nc(Cl)c2C)CC1. The van der Waals surface area contributed by atoms with E-state index in [1.807, 2.05) is 6.92 Å². The fourth-order valence-electron chi connectivity index (χ4n) is 3.29. The number of halogens is 1. The van der Waals surface area contributed by atoms with E-state index >= 15 is 0 Å². The molecular weight excluding hydrogens is 282 g/mol. The molecule has 0 bridgehead atoms. The number of hydrogen-bond acceptors (Lipinski definition) is 3. The van der Waals surface area contributed by atoms with Gasteiger partial charge in [-0.05, 0) is 44.4 Å². The topological polar surface area (TPSA) is 37.8 Å². The Balaban J connectivity index is 1.60. The van der Waals surface area contributed by atoms with Gasteiger partial charge >= 0.3 is 0 Å². The number of aromatic nitrogens is 2. The van der Waals surface area contributed by atoms with E-state index in [0.29, 0.717) is 11.1 Å². The molecule has 3 nitrogen and oxygen atoms in total. The summed E-state index contributed by atoms with van der Waals surface area (Å²) >= 11 is 6.26. The van der Waals surface area contributed by atoms with Crippen LogP contribution in [-0.4, -0.2) is 16.5 Å². The van der Waals surface area contributed by atoms with Crippen LogP contribution in [-0.2, 0) is 0 Å². The number of hydrogen-bond donors (Lipinski definition) is 1. The summed E-state index contributed by atoms with van der Waals surface area (Å²) in [6, 6.07) is 0. The van der Waals surface area contributed by atoms with E-state index in [2.05, 4.69) is 17.2 Å². The van der Waals surface area contributed by atoms with E-state index in [4.69, 9.17) is 16.6 Å². The highest BCUT2D eigenvalue weighted by Gasteiger charge is 2.28. The normalized spacial score (nSPS) is 25.9. The molecule has 2 fully saturated rings. The molecule has 0 aliphatic heterocycles. The Morgan fingerprint density at radius 1 is 1.05 bits per heavy atom. The first-order valence-corrected chi connectivity index (χ1v) is 8.83. The molecule has 0 saturated heterocycles. The molecule has 0 spiro atoms. The largest absolute Gasteiger partial charge is 0.369 e. The lowest BCUT2D eigenvalue weighted by Gasteiger charge is -2.28. The Kier molecular flexibility index (Phi) is 4.68. The van der Waals surface area contributed by atoms with Crippen LogP contribution in [0, 0.1) is 18.8 Å². The summed E-state index contributed by atoms with van der Waals surface area (Å²) in [5.74, 6) is 4.17. The van der Waals surface area contributed by atoms with Crippen molar-refractivity contribution in [3.63, 3.8) is 0 Å². The maximum atomic E-state index is 6.26. The van der Waals surface area contributed by atoms with Gasteiger partial charge in [-0.15, -0.1) is 0 Å². The molecule has 0 amide bonds. The third-order valence-corrected chi connectivity index (χ3v) is 5.52. The van der Waals surface area contributed by atoms with E-state index in [1.54, 1.807) is 0 Å². The zero-order valence-corrected chi connectivity index (χ0v) is 13.9. The summed E-state index contributed by atoms with van der Waals surface area (Å²) in [5.41, 5.74) is 0.989. The summed E-state index contributed by atoms with van der Waals surface area (Å²) in [7, 11) is 0. The number of anilines is 1. The van der Waals surface area contributed by atoms with E-state index < -0.39 is 0 Å². The van der Waals surface area contributed by atoms with Crippen molar-refractivity contribution in [2.24, 2.45) is 11.8 Å². The predicted molar refractivity (Wildman–Crippen MR) is 88.0 cm³/mol. The van der Waals surface area contributed by atoms with Crippen molar-refractivity contribution in [2.75, 3.05) is 11.9 Å². The molecule has 21 heavy (non-hydrogen) atoms. The molecule has 1 aromatic heterocycles. The molecule has 3 rings (SSSR count). The maximum Gasteiger partial charge on any atom is 0.137 e. The van der Waals surface area contributed by atoms with Gasteiger partial charge in [0.05, 0.1) is 0 Å². The Morgan fingerprint density at radius 3 is 2.33 bits per heavy atom. The van der Waals surface area contributed by atoms with E-state index in [-0.39, 0.29) is 0 Å². The van der Waals surface area contributed by atoms with Crippen molar-refractivity contribution in [3.8, 4) is 0 Å². The first kappa shape index (κ1) is 15.1. The molecule has 2 saturated carbocycles. The van der Waals surface area contributed by atoms with Crippen LogP contribution in [0.15, 0.2) is 0 Å². The Morgan fingerprint density at radius 2 is 1.71 bits per heavy atom. The highest BCUT2D eigenvalue weighted by molar-refractivity contribution is 6.30. The van der Waals surface area contributed by atoms with Gasteiger partial charge in [0, 0.05) is 18.0 Å². The van der Waals surface area contributed by atoms with Gasteiger partial charge in [-0.2, -0.15) is 0 Å². The molecule has 0 atom stereocenters. The van der Waals surface area contributed by atoms with Crippen molar-refractivity contribution in [1.82, 2.24) is 9.97 Å². The molecule has 1 N–H and O–H groups in total. The van der Waals surface area contributed by atoms with Gasteiger partial charge in [-0.1, -0.05) is 37.8 Å². The predicted octanol–water partition coefficient (Wildman–Crippen LogP) is 4.94. The Labute approximate surface area is 132 Å². The summed E-state index contributed by atoms with van der Waals surface area (Å²) in [5, 5.41) is 4.16. The minimum atomic E-state index is 0.545. The van der Waals surface area contributed by atoms with E-state index in [9.17, 15) is 0 Å². The smallest absolute Gasteiger partial charge is 0.137 e. The molecule has 2 aliphatic carbocycles. The lowest BCUT2D eigenvalue weighted by Crippen LogP contribution is -2.22. The Hall–Kier alpha value is -0.830. The lowest BCUT2D eigenvalue weighted by atomic mass is 9.81. The summed E-state index contributed by atoms with van der Waals surface area (Å²) in [6.07, 6.45) is 9.22. The quantitative estimate of drug-likeness (QED) is 0.783. The molecule has 0 aromatic carbocycles. The zero-order valence-electron chi connectivity index (χ0n) is 13.2. The van der Waals surface area contributed by atoms with Crippen LogP contribution >= 0.6 is 11.6 Å². The van der Waals surface area contributed by atoms with Crippen LogP contribution in [0.25, 0.3) is 0 Å². The first-order valence-electron chi connectivity index (χ1n) is 8.45. The van der Waals surface area contributed by atoms with Gasteiger partial charge in [0.25, 0.3) is 0 Å². The third kappa shape index (κ3) is 3.68. The van der Waals surface area contributed by atoms with Crippen molar-refractivity contribution in [3.05, 3.63) is 16.5 Å². The van der Waals surface area contributed by atoms with Gasteiger partial charge in [0.15, 0.2) is 0 Å². The second kappa shape index (κ2) is 6.51. The Bertz CT molecular complexity index is 491. The molecular formula is C17H26ClN3. The van der Waals surface area contributed by atoms with Crippen LogP contribution in [0.2, 0.25) is 5.15 Å². The summed E-state index contributed by atoms with van der Waals surface area (Å²) < 4.78 is 0. The second-order valence-electron chi connectivity index (χ2n) is 6.80. The highest BCUT2D eigenvalue weighted by Crippen LogP contribution is 2.39. The monoisotopic (exact) mass is 307 g/mol. The van der Waals surface area contributed by atoms with Crippen LogP contribution in [0.5, 0.6) is 0 Å². The molecule has 0 radical (unpaired) electrons. The van der Waals surface area contributed by atoms with Crippen molar-refractivity contribution < 1.29 is 0 Å². The average molecular weight is 308 g/mol. The van der Waals surface area contributed by atoms with Crippen LogP contribution in [0.3, 0.4) is 0 Å². The van der Waals surface area contributed by atoms with E-state index in [1.165, 1.54) is 44.9 Å². The molecule has 2 aliphatic rings. The third-order valence-electron chi connectivity index (χ3n) is 5.15. The summed E-state index contributed by atoms with van der Waals surface area (Å²) in [4.78, 5) is 9.13.